The predicted octanol–water partition coefficient (Wildman–Crippen LogP) is 1.43. The van der Waals surface area contributed by atoms with Gasteiger partial charge in [-0.15, -0.1) is 0 Å². The average molecular weight is 449 g/mol. The van der Waals surface area contributed by atoms with Crippen molar-refractivity contribution >= 4 is 11.8 Å². The van der Waals surface area contributed by atoms with Gasteiger partial charge in [0, 0.05) is 44.7 Å². The molecular formula is C25H32N6O2. The number of piperidine rings is 1. The van der Waals surface area contributed by atoms with Gasteiger partial charge in [-0.1, -0.05) is 24.3 Å². The number of hydrogen-bond acceptors (Lipinski definition) is 7. The summed E-state index contributed by atoms with van der Waals surface area (Å²) in [6, 6.07) is 8.60. The summed E-state index contributed by atoms with van der Waals surface area (Å²) in [5.74, 6) is 1.55. The van der Waals surface area contributed by atoms with E-state index >= 15 is 0 Å². The summed E-state index contributed by atoms with van der Waals surface area (Å²) in [4.78, 5) is 27.7. The number of ether oxygens (including phenoxy) is 1. The molecule has 5 heterocycles. The van der Waals surface area contributed by atoms with Crippen LogP contribution in [0, 0.1) is 5.41 Å². The van der Waals surface area contributed by atoms with Crippen LogP contribution in [0.2, 0.25) is 0 Å². The summed E-state index contributed by atoms with van der Waals surface area (Å²) in [5, 5.41) is 0. The molecule has 2 atom stereocenters. The molecular weight excluding hydrogens is 416 g/mol. The first kappa shape index (κ1) is 20.9. The van der Waals surface area contributed by atoms with Crippen molar-refractivity contribution in [2.24, 2.45) is 23.2 Å². The highest BCUT2D eigenvalue weighted by Crippen LogP contribution is 2.41. The van der Waals surface area contributed by atoms with Crippen LogP contribution in [0.5, 0.6) is 0 Å². The van der Waals surface area contributed by atoms with E-state index in [1.807, 2.05) is 7.05 Å². The second kappa shape index (κ2) is 7.67. The molecule has 0 unspecified atom stereocenters. The van der Waals surface area contributed by atoms with Gasteiger partial charge in [-0.2, -0.15) is 0 Å². The molecule has 4 aliphatic rings. The lowest BCUT2D eigenvalue weighted by atomic mass is 9.73. The van der Waals surface area contributed by atoms with E-state index in [1.54, 1.807) is 4.57 Å². The third-order valence-corrected chi connectivity index (χ3v) is 8.26. The van der Waals surface area contributed by atoms with Crippen molar-refractivity contribution in [1.29, 1.82) is 0 Å². The number of nitrogens with zero attached hydrogens (tertiary/aromatic N) is 5. The van der Waals surface area contributed by atoms with Gasteiger partial charge in [-0.25, -0.2) is 4.98 Å². The number of hydrogen-bond donors (Lipinski definition) is 1. The number of anilines is 1. The third kappa shape index (κ3) is 3.22. The fourth-order valence-corrected chi connectivity index (χ4v) is 6.04. The number of amidine groups is 1. The van der Waals surface area contributed by atoms with E-state index in [-0.39, 0.29) is 23.1 Å². The van der Waals surface area contributed by atoms with Crippen molar-refractivity contribution in [3.63, 3.8) is 0 Å². The number of aliphatic imine (C=N–C) groups is 1. The zero-order chi connectivity index (χ0) is 22.7. The SMILES string of the molecule is C[C@@H]1OCC2(CCN(c3nc4c(c(=O)n3C)C(N3CCc5ccccc5C3)=NC4)CC2)[C@@H]1N. The normalized spacial score (nSPS) is 25.8. The summed E-state index contributed by atoms with van der Waals surface area (Å²) in [5.41, 5.74) is 10.7. The van der Waals surface area contributed by atoms with Crippen LogP contribution in [0.3, 0.4) is 0 Å². The van der Waals surface area contributed by atoms with Crippen molar-refractivity contribution in [2.75, 3.05) is 31.1 Å². The van der Waals surface area contributed by atoms with Crippen molar-refractivity contribution in [3.8, 4) is 0 Å². The number of aromatic nitrogens is 2. The molecule has 2 N–H and O–H groups in total. The van der Waals surface area contributed by atoms with Crippen LogP contribution < -0.4 is 16.2 Å². The third-order valence-electron chi connectivity index (χ3n) is 8.26. The Balaban J connectivity index is 1.25. The molecule has 8 nitrogen and oxygen atoms in total. The van der Waals surface area contributed by atoms with Crippen molar-refractivity contribution in [3.05, 3.63) is 57.0 Å². The Morgan fingerprint density at radius 3 is 2.61 bits per heavy atom. The number of rotatable bonds is 1. The fraction of sp³-hybridized carbons (Fsp3) is 0.560. The maximum Gasteiger partial charge on any atom is 0.266 e. The van der Waals surface area contributed by atoms with Crippen molar-refractivity contribution in [1.82, 2.24) is 14.5 Å². The molecule has 0 saturated carbocycles. The monoisotopic (exact) mass is 448 g/mol. The van der Waals surface area contributed by atoms with Crippen LogP contribution in [0.1, 0.15) is 42.1 Å². The van der Waals surface area contributed by atoms with E-state index in [2.05, 4.69) is 41.0 Å². The second-order valence-corrected chi connectivity index (χ2v) is 10.1. The predicted molar refractivity (Wildman–Crippen MR) is 128 cm³/mol. The van der Waals surface area contributed by atoms with Gasteiger partial charge >= 0.3 is 0 Å². The largest absolute Gasteiger partial charge is 0.376 e. The molecule has 4 aliphatic heterocycles. The molecule has 2 fully saturated rings. The lowest BCUT2D eigenvalue weighted by molar-refractivity contribution is 0.0973. The van der Waals surface area contributed by atoms with Gasteiger partial charge in [0.1, 0.15) is 11.4 Å². The van der Waals surface area contributed by atoms with E-state index in [4.69, 9.17) is 20.4 Å². The molecule has 0 radical (unpaired) electrons. The number of nitrogens with two attached hydrogens (primary N) is 1. The Kier molecular flexibility index (Phi) is 4.85. The summed E-state index contributed by atoms with van der Waals surface area (Å²) in [6.07, 6.45) is 2.99. The minimum absolute atomic E-state index is 0.0000753. The maximum atomic E-state index is 13.5. The van der Waals surface area contributed by atoms with Gasteiger partial charge in [0.15, 0.2) is 0 Å². The lowest BCUT2D eigenvalue weighted by Gasteiger charge is -2.41. The molecule has 8 heteroatoms. The molecule has 2 saturated heterocycles. The number of benzene rings is 1. The van der Waals surface area contributed by atoms with Crippen LogP contribution in [0.4, 0.5) is 5.95 Å². The van der Waals surface area contributed by atoms with Crippen molar-refractivity contribution in [2.45, 2.75) is 51.4 Å². The molecule has 1 aromatic heterocycles. The highest BCUT2D eigenvalue weighted by Gasteiger charge is 2.48. The summed E-state index contributed by atoms with van der Waals surface area (Å²) in [7, 11) is 1.84. The van der Waals surface area contributed by atoms with Gasteiger partial charge < -0.3 is 20.3 Å². The number of fused-ring (bicyclic) bond motifs is 2. The molecule has 6 rings (SSSR count). The summed E-state index contributed by atoms with van der Waals surface area (Å²) < 4.78 is 7.57. The van der Waals surface area contributed by atoms with Gasteiger partial charge in [-0.3, -0.25) is 14.4 Å². The van der Waals surface area contributed by atoms with E-state index in [1.165, 1.54) is 11.1 Å². The smallest absolute Gasteiger partial charge is 0.266 e. The summed E-state index contributed by atoms with van der Waals surface area (Å²) >= 11 is 0. The van der Waals surface area contributed by atoms with E-state index < -0.39 is 0 Å². The molecule has 0 bridgehead atoms. The van der Waals surface area contributed by atoms with E-state index in [9.17, 15) is 4.79 Å². The van der Waals surface area contributed by atoms with Gasteiger partial charge in [0.05, 0.1) is 24.9 Å². The van der Waals surface area contributed by atoms with Crippen LogP contribution in [0.15, 0.2) is 34.1 Å². The minimum atomic E-state index is -0.0000753. The second-order valence-electron chi connectivity index (χ2n) is 10.1. The zero-order valence-electron chi connectivity index (χ0n) is 19.5. The Morgan fingerprint density at radius 2 is 1.88 bits per heavy atom. The maximum absolute atomic E-state index is 13.5. The van der Waals surface area contributed by atoms with Gasteiger partial charge in [-0.05, 0) is 37.3 Å². The zero-order valence-corrected chi connectivity index (χ0v) is 19.5. The highest BCUT2D eigenvalue weighted by molar-refractivity contribution is 6.01. The van der Waals surface area contributed by atoms with Crippen LogP contribution in [-0.2, 0) is 31.3 Å². The van der Waals surface area contributed by atoms with E-state index in [0.717, 1.165) is 69.5 Å². The minimum Gasteiger partial charge on any atom is -0.376 e. The average Bonchev–Trinajstić information content (AvgIpc) is 3.39. The quantitative estimate of drug-likeness (QED) is 0.710. The molecule has 0 aliphatic carbocycles. The van der Waals surface area contributed by atoms with Crippen LogP contribution in [-0.4, -0.2) is 58.7 Å². The first-order valence-corrected chi connectivity index (χ1v) is 12.1. The fourth-order valence-electron chi connectivity index (χ4n) is 6.04. The Labute approximate surface area is 194 Å². The Bertz CT molecular complexity index is 1180. The Morgan fingerprint density at radius 1 is 1.12 bits per heavy atom. The van der Waals surface area contributed by atoms with Crippen LogP contribution in [0.25, 0.3) is 0 Å². The van der Waals surface area contributed by atoms with Gasteiger partial charge in [0.2, 0.25) is 5.95 Å². The molecule has 1 aromatic carbocycles. The molecule has 2 aromatic rings. The highest BCUT2D eigenvalue weighted by atomic mass is 16.5. The topological polar surface area (TPSA) is 89.0 Å². The first-order valence-electron chi connectivity index (χ1n) is 12.1. The molecule has 0 amide bonds. The Hall–Kier alpha value is -2.71. The first-order chi connectivity index (χ1) is 16.0. The molecule has 174 valence electrons. The molecule has 33 heavy (non-hydrogen) atoms. The van der Waals surface area contributed by atoms with Crippen molar-refractivity contribution < 1.29 is 4.74 Å². The summed E-state index contributed by atoms with van der Waals surface area (Å²) in [6.45, 7) is 6.59. The van der Waals surface area contributed by atoms with Crippen LogP contribution >= 0.6 is 0 Å². The van der Waals surface area contributed by atoms with E-state index in [0.29, 0.717) is 12.1 Å². The molecule has 1 spiro atoms. The standard InChI is InChI=1S/C25H32N6O2/c1-16-21(26)25(15-33-16)8-11-30(12-9-25)24-28-19-13-27-22(20(19)23(32)29(24)2)31-10-7-17-5-3-4-6-18(17)14-31/h3-6,16,21H,7-15,26H2,1-2H3/t16-,21+/m0/s1. The van der Waals surface area contributed by atoms with Gasteiger partial charge in [0.25, 0.3) is 5.56 Å². The lowest BCUT2D eigenvalue weighted by Crippen LogP contribution is -2.51.